The Hall–Kier alpha value is -1.09. The lowest BCUT2D eigenvalue weighted by Gasteiger charge is -2.22. The van der Waals surface area contributed by atoms with E-state index in [-0.39, 0.29) is 5.82 Å². The average molecular weight is 264 g/mol. The molecule has 1 saturated heterocycles. The molecule has 0 aromatic heterocycles. The van der Waals surface area contributed by atoms with Gasteiger partial charge in [0.2, 0.25) is 0 Å². The average Bonchev–Trinajstić information content (AvgIpc) is 2.67. The Morgan fingerprint density at radius 1 is 1.37 bits per heavy atom. The third-order valence-corrected chi connectivity index (χ3v) is 3.74. The van der Waals surface area contributed by atoms with E-state index in [2.05, 4.69) is 37.9 Å². The molecule has 1 aromatic carbocycles. The van der Waals surface area contributed by atoms with Crippen molar-refractivity contribution in [2.75, 3.05) is 18.0 Å². The largest absolute Gasteiger partial charge is 0.369 e. The van der Waals surface area contributed by atoms with Gasteiger partial charge in [-0.25, -0.2) is 4.39 Å². The third-order valence-electron chi connectivity index (χ3n) is 3.74. The minimum Gasteiger partial charge on any atom is -0.369 e. The van der Waals surface area contributed by atoms with Crippen molar-refractivity contribution < 1.29 is 4.39 Å². The second-order valence-corrected chi connectivity index (χ2v) is 6.66. The zero-order valence-electron chi connectivity index (χ0n) is 12.5. The van der Waals surface area contributed by atoms with Crippen molar-refractivity contribution in [2.45, 2.75) is 46.7 Å². The molecular weight excluding hydrogens is 239 g/mol. The lowest BCUT2D eigenvalue weighted by molar-refractivity contribution is 0.418. The molecule has 2 nitrogen and oxygen atoms in total. The second kappa shape index (κ2) is 5.49. The molecule has 0 radical (unpaired) electrons. The highest BCUT2D eigenvalue weighted by molar-refractivity contribution is 5.50. The highest BCUT2D eigenvalue weighted by atomic mass is 19.1. The maximum atomic E-state index is 14.2. The van der Waals surface area contributed by atoms with Crippen LogP contribution in [-0.2, 0) is 6.54 Å². The van der Waals surface area contributed by atoms with E-state index in [1.165, 1.54) is 0 Å². The molecule has 1 aliphatic heterocycles. The number of hydrogen-bond donors (Lipinski definition) is 1. The van der Waals surface area contributed by atoms with E-state index in [9.17, 15) is 4.39 Å². The van der Waals surface area contributed by atoms with Crippen molar-refractivity contribution >= 4 is 5.69 Å². The topological polar surface area (TPSA) is 15.3 Å². The second-order valence-electron chi connectivity index (χ2n) is 6.66. The zero-order chi connectivity index (χ0) is 14.0. The number of rotatable bonds is 4. The Morgan fingerprint density at radius 2 is 2.11 bits per heavy atom. The third kappa shape index (κ3) is 3.69. The van der Waals surface area contributed by atoms with Gasteiger partial charge in [0.25, 0.3) is 0 Å². The number of benzene rings is 1. The summed E-state index contributed by atoms with van der Waals surface area (Å²) in [6.45, 7) is 11.3. The van der Waals surface area contributed by atoms with Crippen LogP contribution in [0, 0.1) is 11.2 Å². The Bertz CT molecular complexity index is 440. The lowest BCUT2D eigenvalue weighted by Crippen LogP contribution is -2.24. The molecule has 0 amide bonds. The molecular formula is C16H25FN2. The van der Waals surface area contributed by atoms with Crippen molar-refractivity contribution in [3.8, 4) is 0 Å². The van der Waals surface area contributed by atoms with Gasteiger partial charge in [-0.2, -0.15) is 0 Å². The fraction of sp³-hybridized carbons (Fsp3) is 0.625. The molecule has 1 heterocycles. The molecule has 0 spiro atoms. The van der Waals surface area contributed by atoms with Gasteiger partial charge < -0.3 is 10.2 Å². The predicted molar refractivity (Wildman–Crippen MR) is 79.0 cm³/mol. The van der Waals surface area contributed by atoms with Crippen LogP contribution in [0.4, 0.5) is 10.1 Å². The smallest absolute Gasteiger partial charge is 0.146 e. The van der Waals surface area contributed by atoms with Crippen molar-refractivity contribution in [1.29, 1.82) is 0 Å². The summed E-state index contributed by atoms with van der Waals surface area (Å²) in [6.07, 6.45) is 1.13. The van der Waals surface area contributed by atoms with E-state index < -0.39 is 0 Å². The molecule has 0 bridgehead atoms. The van der Waals surface area contributed by atoms with Crippen molar-refractivity contribution in [1.82, 2.24) is 5.32 Å². The van der Waals surface area contributed by atoms with Crippen LogP contribution in [0.5, 0.6) is 0 Å². The summed E-state index contributed by atoms with van der Waals surface area (Å²) in [6, 6.07) is 6.03. The molecule has 1 aromatic rings. The Morgan fingerprint density at radius 3 is 2.63 bits per heavy atom. The van der Waals surface area contributed by atoms with Gasteiger partial charge in [-0.05, 0) is 29.5 Å². The van der Waals surface area contributed by atoms with Crippen LogP contribution in [0.1, 0.15) is 39.7 Å². The highest BCUT2D eigenvalue weighted by Crippen LogP contribution is 2.33. The van der Waals surface area contributed by atoms with E-state index in [0.29, 0.717) is 11.5 Å². The molecule has 106 valence electrons. The van der Waals surface area contributed by atoms with Gasteiger partial charge in [-0.1, -0.05) is 33.8 Å². The van der Waals surface area contributed by atoms with E-state index in [0.717, 1.165) is 37.3 Å². The number of nitrogens with zero attached hydrogens (tertiary/aromatic N) is 1. The first-order valence-corrected chi connectivity index (χ1v) is 7.14. The minimum absolute atomic E-state index is 0.0965. The summed E-state index contributed by atoms with van der Waals surface area (Å²) in [4.78, 5) is 2.16. The molecule has 0 saturated carbocycles. The van der Waals surface area contributed by atoms with Crippen LogP contribution in [0.2, 0.25) is 0 Å². The highest BCUT2D eigenvalue weighted by Gasteiger charge is 2.30. The van der Waals surface area contributed by atoms with Gasteiger partial charge in [0.15, 0.2) is 0 Å². The maximum absolute atomic E-state index is 14.2. The summed E-state index contributed by atoms with van der Waals surface area (Å²) in [7, 11) is 0. The quantitative estimate of drug-likeness (QED) is 0.894. The lowest BCUT2D eigenvalue weighted by atomic mass is 9.93. The maximum Gasteiger partial charge on any atom is 0.146 e. The van der Waals surface area contributed by atoms with E-state index >= 15 is 0 Å². The van der Waals surface area contributed by atoms with Gasteiger partial charge in [0, 0.05) is 25.7 Å². The first-order valence-electron chi connectivity index (χ1n) is 7.14. The van der Waals surface area contributed by atoms with Crippen LogP contribution in [-0.4, -0.2) is 19.1 Å². The molecule has 1 N–H and O–H groups in total. The first-order chi connectivity index (χ1) is 8.87. The summed E-state index contributed by atoms with van der Waals surface area (Å²) in [5, 5.41) is 3.31. The SMILES string of the molecule is CC(C)NCc1ccc(N2CCC(C)(C)C2)c(F)c1. The molecule has 0 atom stereocenters. The van der Waals surface area contributed by atoms with Gasteiger partial charge in [0.05, 0.1) is 5.69 Å². The molecule has 2 rings (SSSR count). The molecule has 1 fully saturated rings. The fourth-order valence-electron chi connectivity index (χ4n) is 2.56. The van der Waals surface area contributed by atoms with Crippen LogP contribution >= 0.6 is 0 Å². The number of hydrogen-bond acceptors (Lipinski definition) is 2. The standard InChI is InChI=1S/C16H25FN2/c1-12(2)18-10-13-5-6-15(14(17)9-13)19-8-7-16(3,4)11-19/h5-6,9,12,18H,7-8,10-11H2,1-4H3. The summed E-state index contributed by atoms with van der Waals surface area (Å²) >= 11 is 0. The summed E-state index contributed by atoms with van der Waals surface area (Å²) < 4.78 is 14.2. The van der Waals surface area contributed by atoms with Crippen LogP contribution in [0.15, 0.2) is 18.2 Å². The van der Waals surface area contributed by atoms with E-state index in [1.54, 1.807) is 6.07 Å². The number of halogens is 1. The van der Waals surface area contributed by atoms with Crippen molar-refractivity contribution in [2.24, 2.45) is 5.41 Å². The molecule has 0 aliphatic carbocycles. The van der Waals surface area contributed by atoms with Crippen molar-refractivity contribution in [3.05, 3.63) is 29.6 Å². The number of nitrogens with one attached hydrogen (secondary N) is 1. The fourth-order valence-corrected chi connectivity index (χ4v) is 2.56. The van der Waals surface area contributed by atoms with Crippen LogP contribution < -0.4 is 10.2 Å². The zero-order valence-corrected chi connectivity index (χ0v) is 12.5. The van der Waals surface area contributed by atoms with Gasteiger partial charge in [-0.15, -0.1) is 0 Å². The van der Waals surface area contributed by atoms with Gasteiger partial charge >= 0.3 is 0 Å². The molecule has 1 aliphatic rings. The minimum atomic E-state index is -0.0965. The van der Waals surface area contributed by atoms with E-state index in [4.69, 9.17) is 0 Å². The van der Waals surface area contributed by atoms with Gasteiger partial charge in [-0.3, -0.25) is 0 Å². The van der Waals surface area contributed by atoms with Crippen molar-refractivity contribution in [3.63, 3.8) is 0 Å². The summed E-state index contributed by atoms with van der Waals surface area (Å²) in [5.41, 5.74) is 2.05. The first kappa shape index (κ1) is 14.3. The van der Waals surface area contributed by atoms with Crippen LogP contribution in [0.25, 0.3) is 0 Å². The Balaban J connectivity index is 2.07. The van der Waals surface area contributed by atoms with Gasteiger partial charge in [0.1, 0.15) is 5.82 Å². The Labute approximate surface area is 116 Å². The monoisotopic (exact) mass is 264 g/mol. The number of anilines is 1. The Kier molecular flexibility index (Phi) is 4.14. The molecule has 3 heteroatoms. The van der Waals surface area contributed by atoms with Crippen LogP contribution in [0.3, 0.4) is 0 Å². The van der Waals surface area contributed by atoms with E-state index in [1.807, 2.05) is 12.1 Å². The molecule has 19 heavy (non-hydrogen) atoms. The predicted octanol–water partition coefficient (Wildman–Crippen LogP) is 3.56. The summed E-state index contributed by atoms with van der Waals surface area (Å²) in [5.74, 6) is -0.0965. The normalized spacial score (nSPS) is 18.3. The molecule has 0 unspecified atom stereocenters.